The highest BCUT2D eigenvalue weighted by atomic mass is 32.2. The largest absolute Gasteiger partial charge is 0.380 e. The van der Waals surface area contributed by atoms with Crippen LogP contribution in [0.25, 0.3) is 22.3 Å². The maximum atomic E-state index is 13.9. The molecule has 0 N–H and O–H groups in total. The van der Waals surface area contributed by atoms with Crippen LogP contribution in [-0.2, 0) is 14.8 Å². The maximum Gasteiger partial charge on any atom is 0.269 e. The van der Waals surface area contributed by atoms with Gasteiger partial charge in [-0.3, -0.25) is 4.90 Å². The van der Waals surface area contributed by atoms with Crippen LogP contribution in [0.2, 0.25) is 0 Å². The molecule has 0 unspecified atom stereocenters. The van der Waals surface area contributed by atoms with Crippen molar-refractivity contribution >= 4 is 32.4 Å². The quantitative estimate of drug-likeness (QED) is 0.264. The molecule has 4 aromatic rings. The predicted molar refractivity (Wildman–Crippen MR) is 171 cm³/mol. The van der Waals surface area contributed by atoms with Gasteiger partial charge in [0, 0.05) is 60.4 Å². The second kappa shape index (κ2) is 12.4. The smallest absolute Gasteiger partial charge is 0.269 e. The van der Waals surface area contributed by atoms with Crippen LogP contribution in [0.5, 0.6) is 0 Å². The van der Waals surface area contributed by atoms with E-state index in [1.54, 1.807) is 41.8 Å². The first-order chi connectivity index (χ1) is 21.0. The van der Waals surface area contributed by atoms with E-state index >= 15 is 0 Å². The number of nitrogens with zero attached hydrogens (tertiary/aromatic N) is 5. The molecule has 3 fully saturated rings. The maximum absolute atomic E-state index is 13.9. The summed E-state index contributed by atoms with van der Waals surface area (Å²) >= 11 is 1.70. The van der Waals surface area contributed by atoms with Gasteiger partial charge in [0.05, 0.1) is 22.2 Å². The lowest BCUT2D eigenvalue weighted by atomic mass is 9.81. The second-order valence-electron chi connectivity index (χ2n) is 12.5. The van der Waals surface area contributed by atoms with E-state index in [1.165, 1.54) is 22.4 Å². The van der Waals surface area contributed by atoms with Crippen molar-refractivity contribution in [1.82, 2.24) is 23.7 Å². The van der Waals surface area contributed by atoms with Gasteiger partial charge in [0.2, 0.25) is 0 Å². The molecule has 0 spiro atoms. The molecule has 5 heterocycles. The van der Waals surface area contributed by atoms with Crippen molar-refractivity contribution in [3.8, 4) is 11.3 Å². The Kier molecular flexibility index (Phi) is 8.39. The summed E-state index contributed by atoms with van der Waals surface area (Å²) in [6.07, 6.45) is 11.6. The molecular weight excluding hydrogens is 579 g/mol. The summed E-state index contributed by atoms with van der Waals surface area (Å²) in [5, 5.41) is 4.12. The highest BCUT2D eigenvalue weighted by Gasteiger charge is 2.30. The molecule has 1 saturated carbocycles. The van der Waals surface area contributed by atoms with Crippen molar-refractivity contribution in [2.45, 2.75) is 67.7 Å². The van der Waals surface area contributed by atoms with Gasteiger partial charge in [0.15, 0.2) is 5.65 Å². The standard InChI is InChI=1S/C33H41N5O3S2/c1-36-15-12-25(13-16-36)33-35-31(23-42-33)30-22-38(43(39,40)28-6-3-2-4-7-28)32-29(30)20-26(21-34-32)24-8-10-27(11-9-24)37-14-5-18-41-19-17-37/h2-4,6-7,20-25,27H,5,8-19H2,1H3/t24-,27+. The zero-order chi connectivity index (χ0) is 29.4. The lowest BCUT2D eigenvalue weighted by Crippen LogP contribution is -2.39. The van der Waals surface area contributed by atoms with Gasteiger partial charge >= 0.3 is 0 Å². The molecule has 0 bridgehead atoms. The normalized spacial score (nSPS) is 23.5. The number of hydrogen-bond donors (Lipinski definition) is 0. The number of ether oxygens (including phenoxy) is 1. The lowest BCUT2D eigenvalue weighted by Gasteiger charge is -2.36. The van der Waals surface area contributed by atoms with Crippen LogP contribution in [-0.4, -0.2) is 84.6 Å². The fourth-order valence-corrected chi connectivity index (χ4v) is 9.51. The van der Waals surface area contributed by atoms with Crippen LogP contribution >= 0.6 is 11.3 Å². The van der Waals surface area contributed by atoms with Gasteiger partial charge in [-0.2, -0.15) is 0 Å². The third-order valence-electron chi connectivity index (χ3n) is 9.74. The molecule has 0 atom stereocenters. The van der Waals surface area contributed by atoms with Gasteiger partial charge in [-0.15, -0.1) is 11.3 Å². The van der Waals surface area contributed by atoms with Crippen molar-refractivity contribution in [2.75, 3.05) is 46.4 Å². The Morgan fingerprint density at radius 2 is 1.72 bits per heavy atom. The number of likely N-dealkylation sites (tertiary alicyclic amines) is 1. The third kappa shape index (κ3) is 5.92. The van der Waals surface area contributed by atoms with E-state index < -0.39 is 10.0 Å². The van der Waals surface area contributed by atoms with Crippen molar-refractivity contribution in [3.05, 3.63) is 64.7 Å². The Hall–Kier alpha value is -2.63. The second-order valence-corrected chi connectivity index (χ2v) is 15.2. The first kappa shape index (κ1) is 29.1. The van der Waals surface area contributed by atoms with Crippen molar-refractivity contribution in [2.24, 2.45) is 0 Å². The molecule has 43 heavy (non-hydrogen) atoms. The van der Waals surface area contributed by atoms with Gasteiger partial charge < -0.3 is 9.64 Å². The first-order valence-corrected chi connectivity index (χ1v) is 18.1. The van der Waals surface area contributed by atoms with Crippen molar-refractivity contribution < 1.29 is 13.2 Å². The Morgan fingerprint density at radius 1 is 0.930 bits per heavy atom. The molecular formula is C33H41N5O3S2. The van der Waals surface area contributed by atoms with Crippen molar-refractivity contribution in [1.29, 1.82) is 0 Å². The van der Waals surface area contributed by atoms with Crippen LogP contribution in [0.4, 0.5) is 0 Å². The van der Waals surface area contributed by atoms with E-state index in [0.29, 0.717) is 23.5 Å². The molecule has 7 rings (SSSR count). The summed E-state index contributed by atoms with van der Waals surface area (Å²) in [6.45, 7) is 6.02. The fraction of sp³-hybridized carbons (Fsp3) is 0.515. The first-order valence-electron chi connectivity index (χ1n) is 15.7. The minimum Gasteiger partial charge on any atom is -0.380 e. The topological polar surface area (TPSA) is 80.6 Å². The SMILES string of the molecule is CN1CCC(c2nc(-c3cn(S(=O)(=O)c4ccccc4)c4ncc([C@H]5CC[C@@H](N6CCCOCC6)CC5)cc34)cs2)CC1. The molecule has 3 aliphatic rings. The van der Waals surface area contributed by atoms with Crippen LogP contribution in [0.3, 0.4) is 0 Å². The van der Waals surface area contributed by atoms with Gasteiger partial charge in [-0.1, -0.05) is 18.2 Å². The molecule has 10 heteroatoms. The average molecular weight is 620 g/mol. The molecule has 8 nitrogen and oxygen atoms in total. The number of aromatic nitrogens is 3. The van der Waals surface area contributed by atoms with Crippen molar-refractivity contribution in [3.63, 3.8) is 0 Å². The van der Waals surface area contributed by atoms with Gasteiger partial charge in [-0.05, 0) is 94.8 Å². The average Bonchev–Trinajstić information content (AvgIpc) is 3.58. The van der Waals surface area contributed by atoms with Gasteiger partial charge in [-0.25, -0.2) is 22.4 Å². The zero-order valence-electron chi connectivity index (χ0n) is 24.9. The lowest BCUT2D eigenvalue weighted by molar-refractivity contribution is 0.118. The number of fused-ring (bicyclic) bond motifs is 1. The molecule has 228 valence electrons. The van der Waals surface area contributed by atoms with E-state index in [0.717, 1.165) is 93.1 Å². The molecule has 0 amide bonds. The van der Waals surface area contributed by atoms with E-state index in [9.17, 15) is 8.42 Å². The summed E-state index contributed by atoms with van der Waals surface area (Å²) in [5.74, 6) is 0.875. The number of hydrogen-bond acceptors (Lipinski definition) is 8. The number of pyridine rings is 1. The Bertz CT molecular complexity index is 1640. The minimum absolute atomic E-state index is 0.256. The highest BCUT2D eigenvalue weighted by molar-refractivity contribution is 7.90. The van der Waals surface area contributed by atoms with E-state index in [1.807, 2.05) is 12.3 Å². The monoisotopic (exact) mass is 619 g/mol. The van der Waals surface area contributed by atoms with Crippen LogP contribution in [0.15, 0.2) is 59.1 Å². The molecule has 1 aromatic carbocycles. The van der Waals surface area contributed by atoms with E-state index in [-0.39, 0.29) is 4.90 Å². The summed E-state index contributed by atoms with van der Waals surface area (Å²) in [7, 11) is -1.65. The van der Waals surface area contributed by atoms with E-state index in [4.69, 9.17) is 14.7 Å². The zero-order valence-corrected chi connectivity index (χ0v) is 26.5. The van der Waals surface area contributed by atoms with E-state index in [2.05, 4.69) is 28.3 Å². The summed E-state index contributed by atoms with van der Waals surface area (Å²) in [4.78, 5) is 15.2. The molecule has 1 aliphatic carbocycles. The highest BCUT2D eigenvalue weighted by Crippen LogP contribution is 2.40. The minimum atomic E-state index is -3.82. The number of rotatable bonds is 6. The van der Waals surface area contributed by atoms with Gasteiger partial charge in [0.25, 0.3) is 10.0 Å². The molecule has 0 radical (unpaired) electrons. The van der Waals surface area contributed by atoms with Crippen LogP contribution in [0, 0.1) is 0 Å². The van der Waals surface area contributed by atoms with Crippen LogP contribution in [0.1, 0.15) is 67.4 Å². The fourth-order valence-electron chi connectivity index (χ4n) is 7.17. The Balaban J connectivity index is 1.22. The number of benzene rings is 1. The molecule has 3 aromatic heterocycles. The number of piperidine rings is 1. The summed E-state index contributed by atoms with van der Waals surface area (Å²) in [6, 6.07) is 11.5. The Labute approximate surface area is 258 Å². The third-order valence-corrected chi connectivity index (χ3v) is 12.4. The summed E-state index contributed by atoms with van der Waals surface area (Å²) < 4.78 is 34.8. The van der Waals surface area contributed by atoms with Gasteiger partial charge in [0.1, 0.15) is 0 Å². The predicted octanol–water partition coefficient (Wildman–Crippen LogP) is 5.95. The molecule has 2 aliphatic heterocycles. The van der Waals surface area contributed by atoms with Crippen LogP contribution < -0.4 is 0 Å². The number of thiazole rings is 1. The molecule has 2 saturated heterocycles. The summed E-state index contributed by atoms with van der Waals surface area (Å²) in [5.41, 5.74) is 3.36. The Morgan fingerprint density at radius 3 is 2.51 bits per heavy atom.